The summed E-state index contributed by atoms with van der Waals surface area (Å²) >= 11 is 0. The summed E-state index contributed by atoms with van der Waals surface area (Å²) in [5.74, 6) is 1.81. The zero-order valence-electron chi connectivity index (χ0n) is 17.4. The first-order chi connectivity index (χ1) is 15.1. The molecule has 10 heteroatoms. The average molecular weight is 424 g/mol. The second kappa shape index (κ2) is 9.00. The number of fused-ring (bicyclic) bond motifs is 1. The van der Waals surface area contributed by atoms with Gasteiger partial charge in [-0.3, -0.25) is 10.1 Å². The molecule has 1 aromatic heterocycles. The van der Waals surface area contributed by atoms with Crippen LogP contribution in [0.15, 0.2) is 36.7 Å². The molecule has 3 aromatic rings. The Kier molecular flexibility index (Phi) is 5.99. The molecule has 0 amide bonds. The molecule has 2 N–H and O–H groups in total. The van der Waals surface area contributed by atoms with E-state index < -0.39 is 0 Å². The molecule has 2 heterocycles. The highest BCUT2D eigenvalue weighted by atomic mass is 16.6. The van der Waals surface area contributed by atoms with Crippen LogP contribution in [-0.2, 0) is 6.54 Å². The number of ether oxygens (including phenoxy) is 2. The number of anilines is 2. The maximum atomic E-state index is 11.8. The predicted octanol–water partition coefficient (Wildman–Crippen LogP) is 2.58. The van der Waals surface area contributed by atoms with Gasteiger partial charge in [-0.15, -0.1) is 0 Å². The molecule has 2 aromatic carbocycles. The van der Waals surface area contributed by atoms with Crippen LogP contribution in [0.1, 0.15) is 5.56 Å². The maximum Gasteiger partial charge on any atom is 0.293 e. The van der Waals surface area contributed by atoms with Crippen molar-refractivity contribution in [3.05, 3.63) is 52.3 Å². The second-order valence-electron chi connectivity index (χ2n) is 7.12. The van der Waals surface area contributed by atoms with Crippen LogP contribution in [0.5, 0.6) is 11.5 Å². The van der Waals surface area contributed by atoms with E-state index in [0.717, 1.165) is 18.7 Å². The fraction of sp³-hybridized carbons (Fsp3) is 0.333. The molecule has 1 aliphatic heterocycles. The monoisotopic (exact) mass is 424 g/mol. The largest absolute Gasteiger partial charge is 0.493 e. The second-order valence-corrected chi connectivity index (χ2v) is 7.12. The molecule has 0 saturated carbocycles. The molecule has 0 spiro atoms. The summed E-state index contributed by atoms with van der Waals surface area (Å²) < 4.78 is 10.6. The van der Waals surface area contributed by atoms with Crippen LogP contribution in [0.4, 0.5) is 17.2 Å². The highest BCUT2D eigenvalue weighted by molar-refractivity contribution is 5.94. The molecule has 1 aliphatic rings. The number of nitro benzene ring substituents is 1. The highest BCUT2D eigenvalue weighted by Crippen LogP contribution is 2.35. The lowest BCUT2D eigenvalue weighted by atomic mass is 10.1. The molecule has 0 atom stereocenters. The predicted molar refractivity (Wildman–Crippen MR) is 118 cm³/mol. The lowest BCUT2D eigenvalue weighted by Gasteiger charge is -2.29. The van der Waals surface area contributed by atoms with E-state index in [4.69, 9.17) is 9.47 Å². The average Bonchev–Trinajstić information content (AvgIpc) is 2.82. The lowest BCUT2D eigenvalue weighted by molar-refractivity contribution is -0.384. The first-order valence-electron chi connectivity index (χ1n) is 9.94. The number of methoxy groups -OCH3 is 2. The smallest absolute Gasteiger partial charge is 0.293 e. The number of hydrogen-bond donors (Lipinski definition) is 2. The van der Waals surface area contributed by atoms with Gasteiger partial charge in [-0.1, -0.05) is 6.07 Å². The Balaban J connectivity index is 1.65. The van der Waals surface area contributed by atoms with Crippen molar-refractivity contribution in [3.8, 4) is 11.5 Å². The summed E-state index contributed by atoms with van der Waals surface area (Å²) in [5.41, 5.74) is 2.25. The number of nitrogens with zero attached hydrogens (tertiary/aromatic N) is 4. The number of piperazine rings is 1. The molecular weight excluding hydrogens is 400 g/mol. The Hall–Kier alpha value is -3.66. The zero-order chi connectivity index (χ0) is 21.8. The van der Waals surface area contributed by atoms with Crippen LogP contribution in [0, 0.1) is 10.1 Å². The van der Waals surface area contributed by atoms with E-state index in [2.05, 4.69) is 20.6 Å². The first-order valence-corrected chi connectivity index (χ1v) is 9.94. The van der Waals surface area contributed by atoms with E-state index in [1.165, 1.54) is 6.33 Å². The third-order valence-corrected chi connectivity index (χ3v) is 5.29. The Labute approximate surface area is 179 Å². The molecule has 162 valence electrons. The van der Waals surface area contributed by atoms with E-state index in [1.807, 2.05) is 23.1 Å². The molecule has 31 heavy (non-hydrogen) atoms. The third-order valence-electron chi connectivity index (χ3n) is 5.29. The number of rotatable bonds is 7. The van der Waals surface area contributed by atoms with Gasteiger partial charge in [0.15, 0.2) is 11.5 Å². The van der Waals surface area contributed by atoms with Gasteiger partial charge in [0, 0.05) is 44.2 Å². The Morgan fingerprint density at radius 1 is 1.13 bits per heavy atom. The normalized spacial score (nSPS) is 13.8. The zero-order valence-corrected chi connectivity index (χ0v) is 17.4. The standard InChI is InChI=1S/C21H24N6O4/c1-30-19-4-3-14(9-20(19)31-2)12-23-21-15-10-18(27(28)29)17(11-16(15)24-13-25-21)26-7-5-22-6-8-26/h3-4,9-11,13,22H,5-8,12H2,1-2H3,(H,23,24,25). The van der Waals surface area contributed by atoms with Crippen molar-refractivity contribution in [1.29, 1.82) is 0 Å². The van der Waals surface area contributed by atoms with Gasteiger partial charge in [0.2, 0.25) is 0 Å². The Bertz CT molecular complexity index is 1100. The number of aromatic nitrogens is 2. The van der Waals surface area contributed by atoms with Gasteiger partial charge in [0.1, 0.15) is 17.8 Å². The van der Waals surface area contributed by atoms with Gasteiger partial charge in [0.25, 0.3) is 5.69 Å². The topological polar surface area (TPSA) is 115 Å². The van der Waals surface area contributed by atoms with Crippen molar-refractivity contribution in [2.75, 3.05) is 50.6 Å². The lowest BCUT2D eigenvalue weighted by Crippen LogP contribution is -2.43. The Morgan fingerprint density at radius 2 is 1.90 bits per heavy atom. The minimum Gasteiger partial charge on any atom is -0.493 e. The molecule has 0 unspecified atom stereocenters. The number of hydrogen-bond acceptors (Lipinski definition) is 9. The summed E-state index contributed by atoms with van der Waals surface area (Å²) in [6.07, 6.45) is 1.46. The fourth-order valence-electron chi connectivity index (χ4n) is 3.70. The van der Waals surface area contributed by atoms with Gasteiger partial charge in [-0.2, -0.15) is 0 Å². The summed E-state index contributed by atoms with van der Waals surface area (Å²) in [5, 5.41) is 18.9. The van der Waals surface area contributed by atoms with Crippen LogP contribution < -0.4 is 25.0 Å². The minimum absolute atomic E-state index is 0.0540. The van der Waals surface area contributed by atoms with E-state index in [-0.39, 0.29) is 10.6 Å². The van der Waals surface area contributed by atoms with Crippen molar-refractivity contribution in [2.45, 2.75) is 6.54 Å². The minimum atomic E-state index is -0.345. The van der Waals surface area contributed by atoms with E-state index in [0.29, 0.717) is 53.5 Å². The third kappa shape index (κ3) is 4.29. The summed E-state index contributed by atoms with van der Waals surface area (Å²) in [7, 11) is 3.17. The Morgan fingerprint density at radius 3 is 2.61 bits per heavy atom. The SMILES string of the molecule is COc1ccc(CNc2ncnc3cc(N4CCNCC4)c([N+](=O)[O-])cc23)cc1OC. The number of nitrogens with one attached hydrogen (secondary N) is 2. The molecule has 1 fully saturated rings. The molecule has 0 radical (unpaired) electrons. The van der Waals surface area contributed by atoms with Crippen molar-refractivity contribution in [1.82, 2.24) is 15.3 Å². The van der Waals surface area contributed by atoms with Crippen LogP contribution in [-0.4, -0.2) is 55.3 Å². The van der Waals surface area contributed by atoms with Crippen molar-refractivity contribution < 1.29 is 14.4 Å². The molecule has 4 rings (SSSR count). The first kappa shape index (κ1) is 20.6. The van der Waals surface area contributed by atoms with Gasteiger partial charge in [-0.05, 0) is 23.8 Å². The summed E-state index contributed by atoms with van der Waals surface area (Å²) in [4.78, 5) is 22.1. The maximum absolute atomic E-state index is 11.8. The van der Waals surface area contributed by atoms with Crippen molar-refractivity contribution in [3.63, 3.8) is 0 Å². The van der Waals surface area contributed by atoms with E-state index in [1.54, 1.807) is 26.4 Å². The van der Waals surface area contributed by atoms with E-state index >= 15 is 0 Å². The summed E-state index contributed by atoms with van der Waals surface area (Å²) in [6.45, 7) is 3.46. The van der Waals surface area contributed by atoms with Crippen LogP contribution in [0.25, 0.3) is 10.9 Å². The van der Waals surface area contributed by atoms with Gasteiger partial charge in [0.05, 0.1) is 24.7 Å². The van der Waals surface area contributed by atoms with Crippen LogP contribution in [0.2, 0.25) is 0 Å². The fourth-order valence-corrected chi connectivity index (χ4v) is 3.70. The highest BCUT2D eigenvalue weighted by Gasteiger charge is 2.23. The van der Waals surface area contributed by atoms with Gasteiger partial charge < -0.3 is 25.0 Å². The molecule has 0 aliphatic carbocycles. The van der Waals surface area contributed by atoms with Crippen molar-refractivity contribution >= 4 is 28.1 Å². The summed E-state index contributed by atoms with van der Waals surface area (Å²) in [6, 6.07) is 8.97. The molecular formula is C21H24N6O4. The van der Waals surface area contributed by atoms with Crippen LogP contribution in [0.3, 0.4) is 0 Å². The van der Waals surface area contributed by atoms with Gasteiger partial charge >= 0.3 is 0 Å². The quantitative estimate of drug-likeness (QED) is 0.436. The van der Waals surface area contributed by atoms with Crippen molar-refractivity contribution in [2.24, 2.45) is 0 Å². The number of benzene rings is 2. The number of nitro groups is 1. The van der Waals surface area contributed by atoms with E-state index in [9.17, 15) is 10.1 Å². The van der Waals surface area contributed by atoms with Gasteiger partial charge in [-0.25, -0.2) is 9.97 Å². The molecule has 1 saturated heterocycles. The molecule has 10 nitrogen and oxygen atoms in total. The van der Waals surface area contributed by atoms with Crippen LogP contribution >= 0.6 is 0 Å². The molecule has 0 bridgehead atoms.